The maximum absolute atomic E-state index is 12.5. The Kier molecular flexibility index (Phi) is 20.2. The lowest BCUT2D eigenvalue weighted by molar-refractivity contribution is -0.117. The Labute approximate surface area is 347 Å². The number of hydrogen-bond acceptors (Lipinski definition) is 11. The molecular formula is C42H66N2O10SSi2. The summed E-state index contributed by atoms with van der Waals surface area (Å²) in [5.74, 6) is 1.88. The fourth-order valence-electron chi connectivity index (χ4n) is 6.09. The summed E-state index contributed by atoms with van der Waals surface area (Å²) in [7, 11) is 0.667. The fraction of sp³-hybridized carbons (Fsp3) is 0.548. The summed E-state index contributed by atoms with van der Waals surface area (Å²) in [5, 5.41) is 0.000000000000000222. The molecule has 2 aromatic carbocycles. The number of ether oxygens (including phenoxy) is 6. The summed E-state index contributed by atoms with van der Waals surface area (Å²) < 4.78 is 33.9. The summed E-state index contributed by atoms with van der Waals surface area (Å²) in [5.41, 5.74) is 16.3. The van der Waals surface area contributed by atoms with E-state index in [4.69, 9.17) is 28.4 Å². The number of ketones is 1. The normalized spacial score (nSPS) is 12.9. The van der Waals surface area contributed by atoms with Crippen LogP contribution in [-0.4, -0.2) is 72.7 Å². The highest BCUT2D eigenvalue weighted by atomic mass is 32.1. The number of allylic oxidation sites excluding steroid dienone is 2. The van der Waals surface area contributed by atoms with Gasteiger partial charge in [0.25, 0.3) is 0 Å². The maximum atomic E-state index is 12.5. The Bertz CT molecular complexity index is 1810. The first-order valence-corrected chi connectivity index (χ1v) is 26.6. The molecule has 0 bridgehead atoms. The zero-order valence-electron chi connectivity index (χ0n) is 35.4. The average Bonchev–Trinajstić information content (AvgIpc) is 3.67. The highest BCUT2D eigenvalue weighted by Gasteiger charge is 2.35. The van der Waals surface area contributed by atoms with Gasteiger partial charge in [0.1, 0.15) is 59.4 Å². The van der Waals surface area contributed by atoms with Crippen LogP contribution >= 0.6 is 12.2 Å². The second-order valence-electron chi connectivity index (χ2n) is 16.3. The molecule has 0 amide bonds. The Morgan fingerprint density at radius 3 is 1.46 bits per heavy atom. The topological polar surface area (TPSA) is 176 Å². The number of fused-ring (bicyclic) bond motifs is 2. The first-order valence-electron chi connectivity index (χ1n) is 18.8. The van der Waals surface area contributed by atoms with Crippen LogP contribution < -0.4 is 30.4 Å². The molecule has 2 aliphatic heterocycles. The predicted molar refractivity (Wildman–Crippen MR) is 236 cm³/mol. The molecule has 0 fully saturated rings. The quantitative estimate of drug-likeness (QED) is 0.0513. The van der Waals surface area contributed by atoms with Crippen molar-refractivity contribution < 1.29 is 47.6 Å². The van der Waals surface area contributed by atoms with E-state index in [9.17, 15) is 19.2 Å². The minimum absolute atomic E-state index is 0. The lowest BCUT2D eigenvalue weighted by Crippen LogP contribution is -2.23. The zero-order valence-corrected chi connectivity index (χ0v) is 38.2. The Morgan fingerprint density at radius 2 is 1.12 bits per heavy atom. The van der Waals surface area contributed by atoms with Crippen LogP contribution in [0.3, 0.4) is 0 Å². The SMILES string of the molecule is C.COc1c(C)c2c(c(OCC[Si](C)(C)C)c1C/C=C(\C)CCC(C)=O)C(=O)OC2.COc1c(C)c2c(c(OCC[Si](C)(C)C)c1CC=O)C(=O)OC2.NC(N)=S. The molecule has 12 nitrogen and oxygen atoms in total. The van der Waals surface area contributed by atoms with Crippen molar-refractivity contribution >= 4 is 57.5 Å². The molecule has 2 heterocycles. The minimum atomic E-state index is -1.28. The van der Waals surface area contributed by atoms with Gasteiger partial charge < -0.3 is 49.5 Å². The number of cyclic esters (lactones) is 2. The molecule has 0 aromatic heterocycles. The number of esters is 2. The molecule has 0 spiro atoms. The lowest BCUT2D eigenvalue weighted by atomic mass is 9.94. The van der Waals surface area contributed by atoms with Crippen LogP contribution in [0.15, 0.2) is 11.6 Å². The number of rotatable bonds is 17. The van der Waals surface area contributed by atoms with E-state index in [1.165, 1.54) is 0 Å². The van der Waals surface area contributed by atoms with Crippen molar-refractivity contribution in [2.45, 2.75) is 125 Å². The molecular weight excluding hydrogens is 781 g/mol. The molecule has 0 saturated heterocycles. The van der Waals surface area contributed by atoms with Crippen molar-refractivity contribution in [3.63, 3.8) is 0 Å². The van der Waals surface area contributed by atoms with Gasteiger partial charge in [-0.15, -0.1) is 0 Å². The number of methoxy groups -OCH3 is 2. The Hall–Kier alpha value is -4.22. The zero-order chi connectivity index (χ0) is 42.5. The van der Waals surface area contributed by atoms with Crippen molar-refractivity contribution in [2.24, 2.45) is 11.5 Å². The molecule has 0 saturated carbocycles. The third kappa shape index (κ3) is 14.9. The molecule has 4 N–H and O–H groups in total. The van der Waals surface area contributed by atoms with Gasteiger partial charge >= 0.3 is 11.9 Å². The number of aldehydes is 1. The van der Waals surface area contributed by atoms with E-state index in [2.05, 4.69) is 69.0 Å². The third-order valence-electron chi connectivity index (χ3n) is 9.26. The number of carbonyl (C=O) groups is 4. The van der Waals surface area contributed by atoms with E-state index in [0.717, 1.165) is 63.9 Å². The number of carbonyl (C=O) groups excluding carboxylic acids is 4. The average molecular weight is 847 g/mol. The summed E-state index contributed by atoms with van der Waals surface area (Å²) in [6, 6.07) is 1.97. The van der Waals surface area contributed by atoms with Gasteiger partial charge in [-0.1, -0.05) is 58.4 Å². The van der Waals surface area contributed by atoms with Crippen LogP contribution in [-0.2, 0) is 45.1 Å². The highest BCUT2D eigenvalue weighted by Crippen LogP contribution is 2.44. The van der Waals surface area contributed by atoms with Gasteiger partial charge in [0.15, 0.2) is 5.11 Å². The van der Waals surface area contributed by atoms with Crippen LogP contribution in [0.2, 0.25) is 51.4 Å². The molecule has 4 rings (SSSR count). The van der Waals surface area contributed by atoms with Crippen molar-refractivity contribution in [3.05, 3.63) is 56.2 Å². The molecule has 2 aromatic rings. The lowest BCUT2D eigenvalue weighted by Gasteiger charge is -2.21. The van der Waals surface area contributed by atoms with Gasteiger partial charge in [-0.25, -0.2) is 9.59 Å². The number of hydrogen-bond donors (Lipinski definition) is 2. The monoisotopic (exact) mass is 846 g/mol. The van der Waals surface area contributed by atoms with Crippen LogP contribution in [0.5, 0.6) is 23.0 Å². The van der Waals surface area contributed by atoms with Gasteiger partial charge in [0.2, 0.25) is 0 Å². The third-order valence-corrected chi connectivity index (χ3v) is 12.7. The van der Waals surface area contributed by atoms with Crippen LogP contribution in [0.25, 0.3) is 0 Å². The van der Waals surface area contributed by atoms with Crippen molar-refractivity contribution in [1.29, 1.82) is 0 Å². The Balaban J connectivity index is 0.000000523. The van der Waals surface area contributed by atoms with Crippen molar-refractivity contribution in [3.8, 4) is 23.0 Å². The van der Waals surface area contributed by atoms with E-state index in [-0.39, 0.29) is 49.9 Å². The van der Waals surface area contributed by atoms with E-state index < -0.39 is 16.1 Å². The van der Waals surface area contributed by atoms with Crippen molar-refractivity contribution in [1.82, 2.24) is 0 Å². The minimum Gasteiger partial charge on any atom is -0.496 e. The molecule has 0 aliphatic carbocycles. The van der Waals surface area contributed by atoms with Gasteiger partial charge in [0.05, 0.1) is 27.4 Å². The van der Waals surface area contributed by atoms with Gasteiger partial charge in [-0.3, -0.25) is 0 Å². The summed E-state index contributed by atoms with van der Waals surface area (Å²) in [6.45, 7) is 22.7. The first kappa shape index (κ1) is 50.8. The van der Waals surface area contributed by atoms with Gasteiger partial charge in [-0.05, 0) is 76.0 Å². The standard InChI is InChI=1S/C23H34O5Si.C17H24O5Si.CH4N2S.CH4/c1-15(8-10-16(2)24)9-11-18-21(26-4)17(3)19-14-28-23(25)20(19)22(18)27-12-13-29(5,6)7;1-11-13-10-22-17(19)14(13)16(21-8-9-23(3,4)5)12(6-7-18)15(11)20-2;2-1(3)4;/h9H,8,10-14H2,1-7H3;7H,6,8-10H2,1-5H3;(H4,2,3,4);1H4/b15-9+;;;. The van der Waals surface area contributed by atoms with Crippen LogP contribution in [0.4, 0.5) is 0 Å². The first-order chi connectivity index (χ1) is 26.1. The predicted octanol–water partition coefficient (Wildman–Crippen LogP) is 8.21. The highest BCUT2D eigenvalue weighted by molar-refractivity contribution is 7.80. The number of Topliss-reactive ketones (excluding diaryl/α,β-unsaturated/α-hetero) is 1. The number of benzene rings is 2. The molecule has 2 aliphatic rings. The van der Waals surface area contributed by atoms with E-state index in [0.29, 0.717) is 60.0 Å². The Morgan fingerprint density at radius 1 is 0.737 bits per heavy atom. The maximum Gasteiger partial charge on any atom is 0.342 e. The summed E-state index contributed by atoms with van der Waals surface area (Å²) in [6.07, 6.45) is 4.89. The van der Waals surface area contributed by atoms with E-state index in [1.54, 1.807) is 21.1 Å². The second kappa shape index (κ2) is 22.7. The fourth-order valence-corrected chi connectivity index (χ4v) is 7.52. The van der Waals surface area contributed by atoms with Gasteiger partial charge in [0, 0.05) is 51.2 Å². The van der Waals surface area contributed by atoms with E-state index >= 15 is 0 Å². The number of nitrogens with two attached hydrogens (primary N) is 2. The van der Waals surface area contributed by atoms with Crippen LogP contribution in [0.1, 0.15) is 88.2 Å². The molecule has 15 heteroatoms. The summed E-state index contributed by atoms with van der Waals surface area (Å²) >= 11 is 4.09. The van der Waals surface area contributed by atoms with Crippen molar-refractivity contribution in [2.75, 3.05) is 27.4 Å². The van der Waals surface area contributed by atoms with Gasteiger partial charge in [-0.2, -0.15) is 0 Å². The molecule has 0 radical (unpaired) electrons. The molecule has 318 valence electrons. The van der Waals surface area contributed by atoms with E-state index in [1.807, 2.05) is 20.8 Å². The largest absolute Gasteiger partial charge is 0.496 e. The summed E-state index contributed by atoms with van der Waals surface area (Å²) in [4.78, 5) is 47.0. The molecule has 57 heavy (non-hydrogen) atoms. The molecule has 0 atom stereocenters. The number of thiocarbonyl (C=S) groups is 1. The second-order valence-corrected chi connectivity index (χ2v) is 28.1. The van der Waals surface area contributed by atoms with Crippen LogP contribution in [0, 0.1) is 13.8 Å². The smallest absolute Gasteiger partial charge is 0.342 e. The molecule has 0 unspecified atom stereocenters.